The zero-order valence-corrected chi connectivity index (χ0v) is 13.7. The molecule has 0 saturated heterocycles. The van der Waals surface area contributed by atoms with E-state index in [1.165, 1.54) is 5.56 Å². The lowest BCUT2D eigenvalue weighted by molar-refractivity contribution is 0.0680. The maximum Gasteiger partial charge on any atom is 0.354 e. The van der Waals surface area contributed by atoms with E-state index in [2.05, 4.69) is 38.1 Å². The quantitative estimate of drug-likeness (QED) is 0.932. The number of carboxylic acid groups (broad SMARTS) is 1. The number of carbonyl (C=O) groups is 1. The van der Waals surface area contributed by atoms with Crippen LogP contribution in [0.4, 0.5) is 0 Å². The van der Waals surface area contributed by atoms with Gasteiger partial charge in [-0.15, -0.1) is 0 Å². The highest BCUT2D eigenvalue weighted by Gasteiger charge is 2.52. The van der Waals surface area contributed by atoms with Gasteiger partial charge in [0.15, 0.2) is 5.69 Å². The van der Waals surface area contributed by atoms with E-state index in [-0.39, 0.29) is 5.41 Å². The molecule has 1 saturated carbocycles. The molecule has 1 aromatic carbocycles. The molecule has 1 fully saturated rings. The molecule has 0 radical (unpaired) electrons. The highest BCUT2D eigenvalue weighted by atomic mass is 16.4. The van der Waals surface area contributed by atoms with Crippen molar-refractivity contribution in [3.63, 3.8) is 0 Å². The molecule has 4 heteroatoms. The fourth-order valence-electron chi connectivity index (χ4n) is 4.57. The molecule has 1 heterocycles. The number of aryl methyl sites for hydroxylation is 1. The third-order valence-electron chi connectivity index (χ3n) is 5.84. The molecule has 0 aliphatic heterocycles. The number of aromatic nitrogens is 2. The summed E-state index contributed by atoms with van der Waals surface area (Å²) in [4.78, 5) is 12.0. The van der Waals surface area contributed by atoms with E-state index in [9.17, 15) is 9.90 Å². The largest absolute Gasteiger partial charge is 0.477 e. The number of hydrogen-bond donors (Lipinski definition) is 1. The van der Waals surface area contributed by atoms with Gasteiger partial charge in [0.25, 0.3) is 0 Å². The normalized spacial score (nSPS) is 24.9. The number of fused-ring (bicyclic) bond motifs is 5. The molecule has 2 aromatic rings. The van der Waals surface area contributed by atoms with Gasteiger partial charge in [0.2, 0.25) is 0 Å². The summed E-state index contributed by atoms with van der Waals surface area (Å²) in [7, 11) is 0. The first-order valence-electron chi connectivity index (χ1n) is 8.44. The first kappa shape index (κ1) is 14.5. The van der Waals surface area contributed by atoms with Crippen molar-refractivity contribution in [1.29, 1.82) is 0 Å². The Morgan fingerprint density at radius 3 is 2.78 bits per heavy atom. The van der Waals surface area contributed by atoms with Crippen molar-refractivity contribution in [1.82, 2.24) is 9.78 Å². The average Bonchev–Trinajstić information content (AvgIpc) is 3.18. The molecule has 1 N–H and O–H groups in total. The summed E-state index contributed by atoms with van der Waals surface area (Å²) in [6.07, 6.45) is 4.36. The third kappa shape index (κ3) is 2.04. The molecule has 2 aliphatic rings. The molecule has 2 bridgehead atoms. The molecule has 2 aliphatic carbocycles. The Morgan fingerprint density at radius 1 is 1.39 bits per heavy atom. The maximum absolute atomic E-state index is 12.0. The van der Waals surface area contributed by atoms with E-state index in [0.29, 0.717) is 18.2 Å². The monoisotopic (exact) mass is 310 g/mol. The fourth-order valence-corrected chi connectivity index (χ4v) is 4.57. The number of benzene rings is 1. The topological polar surface area (TPSA) is 55.1 Å². The molecule has 0 amide bonds. The summed E-state index contributed by atoms with van der Waals surface area (Å²) in [6, 6.07) is 8.23. The van der Waals surface area contributed by atoms with Crippen LogP contribution in [-0.2, 0) is 12.0 Å². The summed E-state index contributed by atoms with van der Waals surface area (Å²) >= 11 is 0. The van der Waals surface area contributed by atoms with Crippen molar-refractivity contribution in [3.05, 3.63) is 52.3 Å². The highest BCUT2D eigenvalue weighted by Crippen LogP contribution is 2.59. The van der Waals surface area contributed by atoms with Gasteiger partial charge in [0.1, 0.15) is 0 Å². The maximum atomic E-state index is 12.0. The Morgan fingerprint density at radius 2 is 2.13 bits per heavy atom. The fraction of sp³-hybridized carbons (Fsp3) is 0.474. The minimum atomic E-state index is -0.841. The smallest absolute Gasteiger partial charge is 0.354 e. The van der Waals surface area contributed by atoms with Gasteiger partial charge in [-0.25, -0.2) is 4.79 Å². The van der Waals surface area contributed by atoms with E-state index >= 15 is 0 Å². The molecule has 120 valence electrons. The molecular weight excluding hydrogens is 288 g/mol. The first-order chi connectivity index (χ1) is 11.0. The molecule has 4 rings (SSSR count). The van der Waals surface area contributed by atoms with Crippen LogP contribution < -0.4 is 0 Å². The average molecular weight is 310 g/mol. The number of hydrogen-bond acceptors (Lipinski definition) is 2. The Kier molecular flexibility index (Phi) is 3.12. The molecular formula is C19H22N2O2. The number of carboxylic acids is 1. The van der Waals surface area contributed by atoms with E-state index in [0.717, 1.165) is 42.5 Å². The van der Waals surface area contributed by atoms with Gasteiger partial charge in [-0.1, -0.05) is 36.8 Å². The Balaban J connectivity index is 1.80. The van der Waals surface area contributed by atoms with Crippen molar-refractivity contribution in [2.24, 2.45) is 0 Å². The van der Waals surface area contributed by atoms with Gasteiger partial charge < -0.3 is 5.11 Å². The second kappa shape index (κ2) is 4.95. The van der Waals surface area contributed by atoms with E-state index in [1.54, 1.807) is 4.68 Å². The van der Waals surface area contributed by atoms with Crippen molar-refractivity contribution < 1.29 is 9.90 Å². The summed E-state index contributed by atoms with van der Waals surface area (Å²) in [5, 5.41) is 14.6. The van der Waals surface area contributed by atoms with E-state index in [4.69, 9.17) is 5.10 Å². The van der Waals surface area contributed by atoms with E-state index in [1.807, 2.05) is 0 Å². The van der Waals surface area contributed by atoms with Crippen molar-refractivity contribution in [2.75, 3.05) is 0 Å². The lowest BCUT2D eigenvalue weighted by Crippen LogP contribution is -2.23. The third-order valence-corrected chi connectivity index (χ3v) is 5.84. The second-order valence-electron chi connectivity index (χ2n) is 7.13. The Bertz CT molecular complexity index is 775. The summed E-state index contributed by atoms with van der Waals surface area (Å²) in [5.41, 5.74) is 4.87. The zero-order valence-electron chi connectivity index (χ0n) is 13.7. The molecule has 2 unspecified atom stereocenters. The summed E-state index contributed by atoms with van der Waals surface area (Å²) < 4.78 is 1.72. The van der Waals surface area contributed by atoms with Crippen molar-refractivity contribution in [2.45, 2.75) is 57.4 Å². The van der Waals surface area contributed by atoms with Gasteiger partial charge in [-0.3, -0.25) is 4.68 Å². The van der Waals surface area contributed by atoms with Crippen LogP contribution in [0.5, 0.6) is 0 Å². The molecule has 2 atom stereocenters. The highest BCUT2D eigenvalue weighted by molar-refractivity contribution is 5.89. The predicted molar refractivity (Wildman–Crippen MR) is 88.0 cm³/mol. The van der Waals surface area contributed by atoms with Crippen LogP contribution in [-0.4, -0.2) is 20.9 Å². The van der Waals surface area contributed by atoms with Gasteiger partial charge in [0, 0.05) is 11.5 Å². The minimum Gasteiger partial charge on any atom is -0.477 e. The number of aromatic carboxylic acids is 1. The zero-order chi connectivity index (χ0) is 16.2. The lowest BCUT2D eigenvalue weighted by atomic mass is 9.78. The predicted octanol–water partition coefficient (Wildman–Crippen LogP) is 3.87. The van der Waals surface area contributed by atoms with Crippen LogP contribution in [0, 0.1) is 6.92 Å². The van der Waals surface area contributed by atoms with Crippen LogP contribution in [0.25, 0.3) is 0 Å². The SMILES string of the molecule is CCC12CCC(C1)c1nn(Cc3ccc(C)cc3)c(C(=O)O)c12. The summed E-state index contributed by atoms with van der Waals surface area (Å²) in [6.45, 7) is 4.76. The van der Waals surface area contributed by atoms with Crippen LogP contribution >= 0.6 is 0 Å². The van der Waals surface area contributed by atoms with Crippen LogP contribution in [0.15, 0.2) is 24.3 Å². The van der Waals surface area contributed by atoms with Crippen molar-refractivity contribution in [3.8, 4) is 0 Å². The van der Waals surface area contributed by atoms with E-state index < -0.39 is 5.97 Å². The van der Waals surface area contributed by atoms with Crippen LogP contribution in [0.2, 0.25) is 0 Å². The number of nitrogens with zero attached hydrogens (tertiary/aromatic N) is 2. The summed E-state index contributed by atoms with van der Waals surface area (Å²) in [5.74, 6) is -0.381. The lowest BCUT2D eigenvalue weighted by Gasteiger charge is -2.26. The Hall–Kier alpha value is -2.10. The van der Waals surface area contributed by atoms with Crippen LogP contribution in [0.3, 0.4) is 0 Å². The number of rotatable bonds is 4. The Labute approximate surface area is 136 Å². The van der Waals surface area contributed by atoms with Gasteiger partial charge in [-0.05, 0) is 43.6 Å². The minimum absolute atomic E-state index is 0.0548. The molecule has 0 spiro atoms. The van der Waals surface area contributed by atoms with Crippen LogP contribution in [0.1, 0.15) is 71.4 Å². The second-order valence-corrected chi connectivity index (χ2v) is 7.13. The first-order valence-corrected chi connectivity index (χ1v) is 8.44. The van der Waals surface area contributed by atoms with Gasteiger partial charge in [-0.2, -0.15) is 5.10 Å². The molecule has 23 heavy (non-hydrogen) atoms. The molecule has 4 nitrogen and oxygen atoms in total. The van der Waals surface area contributed by atoms with Crippen molar-refractivity contribution >= 4 is 5.97 Å². The van der Waals surface area contributed by atoms with Gasteiger partial charge in [0.05, 0.1) is 12.2 Å². The van der Waals surface area contributed by atoms with Gasteiger partial charge >= 0.3 is 5.97 Å². The molecule has 1 aromatic heterocycles. The standard InChI is InChI=1S/C19H22N2O2/c1-3-19-9-8-14(10-19)16-15(19)17(18(22)23)21(20-16)11-13-6-4-12(2)5-7-13/h4-7,14H,3,8-11H2,1-2H3,(H,22,23).